The van der Waals surface area contributed by atoms with Gasteiger partial charge in [-0.3, -0.25) is 4.79 Å². The molecule has 36 heavy (non-hydrogen) atoms. The monoisotopic (exact) mass is 603 g/mol. The van der Waals surface area contributed by atoms with Crippen molar-refractivity contribution in [3.05, 3.63) is 98.2 Å². The van der Waals surface area contributed by atoms with Gasteiger partial charge in [-0.15, -0.1) is 0 Å². The molecular weight excluding hydrogens is 580 g/mol. The third kappa shape index (κ3) is 5.77. The number of anilines is 1. The number of aromatic nitrogens is 2. The van der Waals surface area contributed by atoms with Gasteiger partial charge in [0.15, 0.2) is 0 Å². The molecule has 8 nitrogen and oxygen atoms in total. The summed E-state index contributed by atoms with van der Waals surface area (Å²) >= 11 is 1.96. The molecule has 10 heteroatoms. The summed E-state index contributed by atoms with van der Waals surface area (Å²) in [5, 5.41) is 22.5. The fraction of sp³-hybridized carbons (Fsp3) is 0.154. The number of hydrogen-bond donors (Lipinski definition) is 4. The number of rotatable bonds is 9. The molecule has 0 saturated heterocycles. The summed E-state index contributed by atoms with van der Waals surface area (Å²) in [5.41, 5.74) is 0.643. The largest absolute Gasteiger partial charge is 0.493 e. The maximum atomic E-state index is 14.4. The lowest BCUT2D eigenvalue weighted by atomic mass is 10.0. The molecule has 4 aromatic rings. The highest BCUT2D eigenvalue weighted by molar-refractivity contribution is 14.1. The van der Waals surface area contributed by atoms with Gasteiger partial charge in [0.2, 0.25) is 11.8 Å². The summed E-state index contributed by atoms with van der Waals surface area (Å²) in [6.07, 6.45) is 0.0807. The first kappa shape index (κ1) is 25.5. The lowest BCUT2D eigenvalue weighted by Gasteiger charge is -2.19. The van der Waals surface area contributed by atoms with Crippen molar-refractivity contribution < 1.29 is 24.1 Å². The predicted octanol–water partition coefficient (Wildman–Crippen LogP) is 4.09. The molecule has 1 aromatic heterocycles. The summed E-state index contributed by atoms with van der Waals surface area (Å²) in [7, 11) is 0. The van der Waals surface area contributed by atoms with Crippen molar-refractivity contribution >= 4 is 34.2 Å². The van der Waals surface area contributed by atoms with Crippen molar-refractivity contribution in [2.75, 3.05) is 18.5 Å². The van der Waals surface area contributed by atoms with E-state index in [1.165, 1.54) is 12.1 Å². The average Bonchev–Trinajstić information content (AvgIpc) is 3.17. The van der Waals surface area contributed by atoms with Gasteiger partial charge in [-0.1, -0.05) is 30.3 Å². The molecule has 0 spiro atoms. The molecule has 0 unspecified atom stereocenters. The number of carbonyl (C=O) groups is 1. The zero-order valence-electron chi connectivity index (χ0n) is 18.9. The van der Waals surface area contributed by atoms with Gasteiger partial charge in [0, 0.05) is 15.6 Å². The number of carbonyl (C=O) groups excluding carboxylic acids is 1. The summed E-state index contributed by atoms with van der Waals surface area (Å²) in [6.45, 7) is 0.00490. The quantitative estimate of drug-likeness (QED) is 0.215. The van der Waals surface area contributed by atoms with Gasteiger partial charge >= 0.3 is 5.69 Å². The lowest BCUT2D eigenvalue weighted by molar-refractivity contribution is -0.119. The van der Waals surface area contributed by atoms with Crippen LogP contribution in [0.4, 0.5) is 10.1 Å². The Morgan fingerprint density at radius 3 is 2.50 bits per heavy atom. The van der Waals surface area contributed by atoms with Gasteiger partial charge in [0.25, 0.3) is 0 Å². The average molecular weight is 603 g/mol. The number of ether oxygens (including phenoxy) is 1. The number of nitrogens with zero attached hydrogens (tertiary/aromatic N) is 1. The first-order valence-corrected chi connectivity index (χ1v) is 12.1. The third-order valence-corrected chi connectivity index (χ3v) is 6.15. The molecule has 1 amide bonds. The molecule has 0 aliphatic heterocycles. The number of nitrogens with one attached hydrogen (secondary N) is 2. The zero-order valence-corrected chi connectivity index (χ0v) is 21.1. The second-order valence-corrected chi connectivity index (χ2v) is 9.16. The first-order chi connectivity index (χ1) is 17.4. The molecule has 186 valence electrons. The first-order valence-electron chi connectivity index (χ1n) is 11.0. The fourth-order valence-corrected chi connectivity index (χ4v) is 4.21. The summed E-state index contributed by atoms with van der Waals surface area (Å²) in [6, 6.07) is 18.8. The van der Waals surface area contributed by atoms with E-state index in [1.54, 1.807) is 54.6 Å². The number of aliphatic hydroxyl groups excluding tert-OH is 1. The van der Waals surface area contributed by atoms with Gasteiger partial charge in [-0.25, -0.2) is 13.8 Å². The van der Waals surface area contributed by atoms with Crippen LogP contribution in [0.1, 0.15) is 11.6 Å². The smallest absolute Gasteiger partial charge is 0.329 e. The normalized spacial score (nSPS) is 11.8. The van der Waals surface area contributed by atoms with Crippen LogP contribution in [-0.4, -0.2) is 38.9 Å². The number of aromatic hydroxyl groups is 1. The fourth-order valence-electron chi connectivity index (χ4n) is 3.76. The van der Waals surface area contributed by atoms with E-state index in [4.69, 9.17) is 9.84 Å². The Morgan fingerprint density at radius 1 is 1.11 bits per heavy atom. The minimum atomic E-state index is -1.17. The molecule has 4 N–H and O–H groups in total. The van der Waals surface area contributed by atoms with E-state index in [-0.39, 0.29) is 31.0 Å². The number of halogens is 2. The maximum absolute atomic E-state index is 14.4. The summed E-state index contributed by atoms with van der Waals surface area (Å²) < 4.78 is 21.4. The zero-order chi connectivity index (χ0) is 25.7. The summed E-state index contributed by atoms with van der Waals surface area (Å²) in [4.78, 5) is 28.9. The Bertz CT molecular complexity index is 1400. The van der Waals surface area contributed by atoms with Crippen LogP contribution in [0.15, 0.2) is 77.6 Å². The number of imidazole rings is 1. The van der Waals surface area contributed by atoms with Crippen molar-refractivity contribution in [2.24, 2.45) is 0 Å². The minimum absolute atomic E-state index is 0.0276. The van der Waals surface area contributed by atoms with Crippen LogP contribution in [0.5, 0.6) is 11.6 Å². The second-order valence-electron chi connectivity index (χ2n) is 7.91. The van der Waals surface area contributed by atoms with Crippen molar-refractivity contribution in [1.82, 2.24) is 9.55 Å². The van der Waals surface area contributed by atoms with E-state index >= 15 is 0 Å². The van der Waals surface area contributed by atoms with Crippen LogP contribution in [0.25, 0.3) is 11.3 Å². The standard InChI is InChI=1S/C26H23FIN3O5/c27-20-15-18(28)8-11-21(20)29-24(33)22(14-16-4-2-1-3-5-16)31-25(34)23(30-26(31)35)17-6-9-19(10-7-17)36-13-12-32/h1-11,15,22,32,34H,12-14H2,(H,29,33)(H,30,35)/t22-/m0/s1. The number of aliphatic hydroxyl groups is 1. The molecule has 0 radical (unpaired) electrons. The van der Waals surface area contributed by atoms with E-state index in [9.17, 15) is 19.1 Å². The second kappa shape index (κ2) is 11.4. The van der Waals surface area contributed by atoms with Gasteiger partial charge in [-0.2, -0.15) is 0 Å². The molecule has 3 aromatic carbocycles. The highest BCUT2D eigenvalue weighted by Gasteiger charge is 2.28. The number of hydrogen-bond acceptors (Lipinski definition) is 5. The molecule has 4 rings (SSSR count). The van der Waals surface area contributed by atoms with Crippen LogP contribution in [0, 0.1) is 9.39 Å². The third-order valence-electron chi connectivity index (χ3n) is 5.48. The Hall–Kier alpha value is -3.64. The van der Waals surface area contributed by atoms with Gasteiger partial charge in [0.1, 0.15) is 29.9 Å². The molecular formula is C26H23FIN3O5. The maximum Gasteiger partial charge on any atom is 0.329 e. The van der Waals surface area contributed by atoms with Crippen molar-refractivity contribution in [3.8, 4) is 22.9 Å². The van der Waals surface area contributed by atoms with Gasteiger partial charge < -0.3 is 25.3 Å². The number of H-pyrrole nitrogens is 1. The number of aromatic amines is 1. The minimum Gasteiger partial charge on any atom is -0.493 e. The molecule has 0 aliphatic carbocycles. The van der Waals surface area contributed by atoms with E-state index in [2.05, 4.69) is 10.3 Å². The highest BCUT2D eigenvalue weighted by Crippen LogP contribution is 2.31. The lowest BCUT2D eigenvalue weighted by Crippen LogP contribution is -2.33. The van der Waals surface area contributed by atoms with Gasteiger partial charge in [-0.05, 0) is 70.6 Å². The summed E-state index contributed by atoms with van der Waals surface area (Å²) in [5.74, 6) is -1.18. The van der Waals surface area contributed by atoms with E-state index < -0.39 is 29.3 Å². The molecule has 0 fully saturated rings. The molecule has 0 saturated carbocycles. The topological polar surface area (TPSA) is 117 Å². The SMILES string of the molecule is O=C(Nc1ccc(I)cc1F)[C@H](Cc1ccccc1)n1c(O)c(-c2ccc(OCCO)cc2)[nH]c1=O. The Balaban J connectivity index is 1.70. The Labute approximate surface area is 219 Å². The van der Waals surface area contributed by atoms with E-state index in [0.717, 1.165) is 10.1 Å². The van der Waals surface area contributed by atoms with Crippen LogP contribution < -0.4 is 15.7 Å². The van der Waals surface area contributed by atoms with Crippen LogP contribution in [0.2, 0.25) is 0 Å². The van der Waals surface area contributed by atoms with E-state index in [1.807, 2.05) is 28.7 Å². The van der Waals surface area contributed by atoms with Crippen molar-refractivity contribution in [3.63, 3.8) is 0 Å². The van der Waals surface area contributed by atoms with Crippen LogP contribution in [-0.2, 0) is 11.2 Å². The number of benzene rings is 3. The molecule has 1 atom stereocenters. The number of amides is 1. The van der Waals surface area contributed by atoms with Gasteiger partial charge in [0.05, 0.1) is 12.3 Å². The van der Waals surface area contributed by atoms with Crippen LogP contribution >= 0.6 is 22.6 Å². The van der Waals surface area contributed by atoms with Crippen molar-refractivity contribution in [2.45, 2.75) is 12.5 Å². The molecule has 0 aliphatic rings. The van der Waals surface area contributed by atoms with E-state index in [0.29, 0.717) is 14.9 Å². The molecule has 1 heterocycles. The Morgan fingerprint density at radius 2 is 1.83 bits per heavy atom. The predicted molar refractivity (Wildman–Crippen MR) is 142 cm³/mol. The highest BCUT2D eigenvalue weighted by atomic mass is 127. The Kier molecular flexibility index (Phi) is 8.06. The van der Waals surface area contributed by atoms with Crippen LogP contribution in [0.3, 0.4) is 0 Å². The molecule has 0 bridgehead atoms. The van der Waals surface area contributed by atoms with Crippen molar-refractivity contribution in [1.29, 1.82) is 0 Å².